The van der Waals surface area contributed by atoms with Crippen LogP contribution >= 0.6 is 31.9 Å². The van der Waals surface area contributed by atoms with Gasteiger partial charge in [-0.05, 0) is 24.7 Å². The summed E-state index contributed by atoms with van der Waals surface area (Å²) < 4.78 is 0. The fourth-order valence-electron chi connectivity index (χ4n) is 1.34. The molecule has 1 rings (SSSR count). The number of hydrogen-bond donors (Lipinski definition) is 0. The third kappa shape index (κ3) is 3.44. The van der Waals surface area contributed by atoms with Gasteiger partial charge in [-0.2, -0.15) is 0 Å². The fourth-order valence-corrected chi connectivity index (χ4v) is 2.39. The van der Waals surface area contributed by atoms with Crippen molar-refractivity contribution in [3.8, 4) is 0 Å². The smallest absolute Gasteiger partial charge is 0.00398 e. The van der Waals surface area contributed by atoms with E-state index in [9.17, 15) is 0 Å². The normalized spacial score (nSPS) is 27.8. The monoisotopic (exact) mass is 292 g/mol. The van der Waals surface area contributed by atoms with Crippen molar-refractivity contribution in [2.24, 2.45) is 11.8 Å². The maximum Gasteiger partial charge on any atom is 0.00398 e. The standard InChI is InChI=1S/C10H14Br2/c11-7-5-9-1-2-10(4-3-9)6-8-12/h1-4,9-10H,5-8H2. The zero-order valence-electron chi connectivity index (χ0n) is 7.05. The van der Waals surface area contributed by atoms with Crippen LogP contribution in [-0.4, -0.2) is 10.7 Å². The molecule has 0 atom stereocenters. The second-order valence-corrected chi connectivity index (χ2v) is 4.64. The lowest BCUT2D eigenvalue weighted by atomic mass is 9.93. The van der Waals surface area contributed by atoms with E-state index < -0.39 is 0 Å². The Kier molecular flexibility index (Phi) is 5.24. The van der Waals surface area contributed by atoms with Crippen LogP contribution < -0.4 is 0 Å². The van der Waals surface area contributed by atoms with Gasteiger partial charge in [-0.1, -0.05) is 56.2 Å². The summed E-state index contributed by atoms with van der Waals surface area (Å²) in [6, 6.07) is 0. The highest BCUT2D eigenvalue weighted by atomic mass is 79.9. The Hall–Kier alpha value is 0.440. The van der Waals surface area contributed by atoms with Crippen LogP contribution in [0.25, 0.3) is 0 Å². The second-order valence-electron chi connectivity index (χ2n) is 3.05. The van der Waals surface area contributed by atoms with Crippen LogP contribution in [0.4, 0.5) is 0 Å². The predicted molar refractivity (Wildman–Crippen MR) is 62.1 cm³/mol. The molecule has 0 radical (unpaired) electrons. The number of halogens is 2. The van der Waals surface area contributed by atoms with Crippen LogP contribution in [-0.2, 0) is 0 Å². The van der Waals surface area contributed by atoms with E-state index in [2.05, 4.69) is 56.2 Å². The van der Waals surface area contributed by atoms with Crippen LogP contribution in [0.3, 0.4) is 0 Å². The minimum absolute atomic E-state index is 0.663. The highest BCUT2D eigenvalue weighted by Crippen LogP contribution is 2.20. The van der Waals surface area contributed by atoms with Crippen molar-refractivity contribution in [1.29, 1.82) is 0 Å². The molecule has 0 aliphatic heterocycles. The first-order valence-electron chi connectivity index (χ1n) is 4.35. The van der Waals surface area contributed by atoms with Gasteiger partial charge >= 0.3 is 0 Å². The van der Waals surface area contributed by atoms with Crippen molar-refractivity contribution in [3.63, 3.8) is 0 Å². The predicted octanol–water partition coefficient (Wildman–Crippen LogP) is 3.91. The van der Waals surface area contributed by atoms with Crippen LogP contribution in [0.1, 0.15) is 12.8 Å². The molecule has 0 heterocycles. The maximum atomic E-state index is 3.46. The molecule has 0 aromatic carbocycles. The average molecular weight is 294 g/mol. The molecule has 0 N–H and O–H groups in total. The first-order chi connectivity index (χ1) is 5.86. The molecule has 0 nitrogen and oxygen atoms in total. The van der Waals surface area contributed by atoms with Crippen molar-refractivity contribution in [2.45, 2.75) is 12.8 Å². The van der Waals surface area contributed by atoms with Gasteiger partial charge in [0.25, 0.3) is 0 Å². The van der Waals surface area contributed by atoms with E-state index >= 15 is 0 Å². The number of hydrogen-bond acceptors (Lipinski definition) is 0. The molecule has 0 unspecified atom stereocenters. The number of allylic oxidation sites excluding steroid dienone is 4. The molecule has 1 aliphatic rings. The van der Waals surface area contributed by atoms with Gasteiger partial charge in [0.2, 0.25) is 0 Å². The molecule has 2 heteroatoms. The van der Waals surface area contributed by atoms with Gasteiger partial charge in [-0.15, -0.1) is 0 Å². The Morgan fingerprint density at radius 1 is 0.750 bits per heavy atom. The van der Waals surface area contributed by atoms with Gasteiger partial charge in [0.15, 0.2) is 0 Å². The number of alkyl halides is 2. The zero-order valence-corrected chi connectivity index (χ0v) is 10.2. The molecule has 0 aromatic rings. The van der Waals surface area contributed by atoms with E-state index in [0.29, 0.717) is 11.8 Å². The van der Waals surface area contributed by atoms with Gasteiger partial charge in [0, 0.05) is 10.7 Å². The molecule has 0 spiro atoms. The highest BCUT2D eigenvalue weighted by Gasteiger charge is 2.07. The Bertz CT molecular complexity index is 141. The van der Waals surface area contributed by atoms with Gasteiger partial charge in [-0.3, -0.25) is 0 Å². The molecule has 0 saturated heterocycles. The minimum atomic E-state index is 0.663. The Labute approximate surface area is 91.4 Å². The molecule has 0 amide bonds. The maximum absolute atomic E-state index is 3.46. The highest BCUT2D eigenvalue weighted by molar-refractivity contribution is 9.09. The summed E-state index contributed by atoms with van der Waals surface area (Å²) in [4.78, 5) is 0. The zero-order chi connectivity index (χ0) is 8.81. The summed E-state index contributed by atoms with van der Waals surface area (Å²) in [6.45, 7) is 0. The van der Waals surface area contributed by atoms with Gasteiger partial charge in [0.05, 0.1) is 0 Å². The lowest BCUT2D eigenvalue weighted by Gasteiger charge is -2.14. The molecule has 1 aliphatic carbocycles. The number of rotatable bonds is 4. The Morgan fingerprint density at radius 2 is 1.08 bits per heavy atom. The van der Waals surface area contributed by atoms with E-state index in [-0.39, 0.29) is 0 Å². The molecule has 0 aromatic heterocycles. The summed E-state index contributed by atoms with van der Waals surface area (Å²) in [5, 5.41) is 2.19. The Balaban J connectivity index is 2.32. The summed E-state index contributed by atoms with van der Waals surface area (Å²) in [6.07, 6.45) is 11.7. The molecule has 0 fully saturated rings. The van der Waals surface area contributed by atoms with Crippen LogP contribution in [0.15, 0.2) is 24.3 Å². The summed E-state index contributed by atoms with van der Waals surface area (Å²) >= 11 is 6.91. The SMILES string of the molecule is BrCCC1C=CC(CCBr)C=C1. The van der Waals surface area contributed by atoms with E-state index in [1.54, 1.807) is 0 Å². The Morgan fingerprint density at radius 3 is 1.33 bits per heavy atom. The van der Waals surface area contributed by atoms with Crippen LogP contribution in [0.5, 0.6) is 0 Å². The molecule has 0 bridgehead atoms. The van der Waals surface area contributed by atoms with Crippen molar-refractivity contribution < 1.29 is 0 Å². The van der Waals surface area contributed by atoms with Crippen LogP contribution in [0.2, 0.25) is 0 Å². The van der Waals surface area contributed by atoms with E-state index in [1.165, 1.54) is 12.8 Å². The van der Waals surface area contributed by atoms with Crippen molar-refractivity contribution in [3.05, 3.63) is 24.3 Å². The lowest BCUT2D eigenvalue weighted by Crippen LogP contribution is -2.03. The van der Waals surface area contributed by atoms with Gasteiger partial charge in [-0.25, -0.2) is 0 Å². The second kappa shape index (κ2) is 5.98. The molecular formula is C10H14Br2. The van der Waals surface area contributed by atoms with E-state index in [4.69, 9.17) is 0 Å². The van der Waals surface area contributed by atoms with Crippen molar-refractivity contribution >= 4 is 31.9 Å². The third-order valence-corrected chi connectivity index (χ3v) is 3.01. The molecule has 68 valence electrons. The molecular weight excluding hydrogens is 280 g/mol. The van der Waals surface area contributed by atoms with Gasteiger partial charge in [0.1, 0.15) is 0 Å². The lowest BCUT2D eigenvalue weighted by molar-refractivity contribution is 0.703. The quantitative estimate of drug-likeness (QED) is 0.544. The summed E-state index contributed by atoms with van der Waals surface area (Å²) in [5.74, 6) is 1.33. The van der Waals surface area contributed by atoms with E-state index in [1.807, 2.05) is 0 Å². The molecule has 0 saturated carbocycles. The topological polar surface area (TPSA) is 0 Å². The first kappa shape index (κ1) is 10.5. The van der Waals surface area contributed by atoms with Crippen LogP contribution in [0, 0.1) is 11.8 Å². The van der Waals surface area contributed by atoms with Crippen molar-refractivity contribution in [1.82, 2.24) is 0 Å². The van der Waals surface area contributed by atoms with Crippen molar-refractivity contribution in [2.75, 3.05) is 10.7 Å². The average Bonchev–Trinajstić information content (AvgIpc) is 2.09. The molecule has 12 heavy (non-hydrogen) atoms. The summed E-state index contributed by atoms with van der Waals surface area (Å²) in [7, 11) is 0. The first-order valence-corrected chi connectivity index (χ1v) is 6.59. The fraction of sp³-hybridized carbons (Fsp3) is 0.600. The van der Waals surface area contributed by atoms with Gasteiger partial charge < -0.3 is 0 Å². The minimum Gasteiger partial charge on any atom is -0.0928 e. The largest absolute Gasteiger partial charge is 0.0928 e. The summed E-state index contributed by atoms with van der Waals surface area (Å²) in [5.41, 5.74) is 0. The third-order valence-electron chi connectivity index (χ3n) is 2.10. The van der Waals surface area contributed by atoms with E-state index in [0.717, 1.165) is 10.7 Å².